The zero-order valence-corrected chi connectivity index (χ0v) is 11.0. The van der Waals surface area contributed by atoms with Crippen molar-refractivity contribution in [3.8, 4) is 0 Å². The largest absolute Gasteiger partial charge is 0.392 e. The SMILES string of the molecule is COCCCOCCSc1ccc(CO)cc1. The summed E-state index contributed by atoms with van der Waals surface area (Å²) in [6.45, 7) is 2.39. The molecule has 0 amide bonds. The van der Waals surface area contributed by atoms with Crippen molar-refractivity contribution in [2.45, 2.75) is 17.9 Å². The van der Waals surface area contributed by atoms with Crippen LogP contribution in [0.25, 0.3) is 0 Å². The summed E-state index contributed by atoms with van der Waals surface area (Å²) in [4.78, 5) is 1.21. The highest BCUT2D eigenvalue weighted by Crippen LogP contribution is 2.18. The van der Waals surface area contributed by atoms with E-state index in [0.717, 1.165) is 37.6 Å². The first kappa shape index (κ1) is 14.5. The molecule has 0 fully saturated rings. The van der Waals surface area contributed by atoms with Crippen LogP contribution in [0.1, 0.15) is 12.0 Å². The number of aliphatic hydroxyl groups is 1. The normalized spacial score (nSPS) is 10.7. The average molecular weight is 256 g/mol. The van der Waals surface area contributed by atoms with Crippen LogP contribution in [-0.4, -0.2) is 37.8 Å². The van der Waals surface area contributed by atoms with Crippen molar-refractivity contribution in [1.82, 2.24) is 0 Å². The quantitative estimate of drug-likeness (QED) is 0.543. The standard InChI is InChI=1S/C13H20O3S/c1-15-7-2-8-16-9-10-17-13-5-3-12(11-14)4-6-13/h3-6,14H,2,7-11H2,1H3. The van der Waals surface area contributed by atoms with Gasteiger partial charge in [0.1, 0.15) is 0 Å². The van der Waals surface area contributed by atoms with Gasteiger partial charge >= 0.3 is 0 Å². The van der Waals surface area contributed by atoms with Crippen molar-refractivity contribution in [3.05, 3.63) is 29.8 Å². The van der Waals surface area contributed by atoms with Crippen molar-refractivity contribution < 1.29 is 14.6 Å². The third kappa shape index (κ3) is 6.68. The van der Waals surface area contributed by atoms with Gasteiger partial charge < -0.3 is 14.6 Å². The first-order chi connectivity index (χ1) is 8.36. The molecule has 0 heterocycles. The molecule has 17 heavy (non-hydrogen) atoms. The van der Waals surface area contributed by atoms with Crippen molar-refractivity contribution in [3.63, 3.8) is 0 Å². The Morgan fingerprint density at radius 2 is 1.88 bits per heavy atom. The summed E-state index contributed by atoms with van der Waals surface area (Å²) in [7, 11) is 1.70. The van der Waals surface area contributed by atoms with Gasteiger partial charge in [0.2, 0.25) is 0 Å². The minimum absolute atomic E-state index is 0.105. The Labute approximate surface area is 107 Å². The van der Waals surface area contributed by atoms with Crippen LogP contribution in [-0.2, 0) is 16.1 Å². The van der Waals surface area contributed by atoms with Crippen molar-refractivity contribution in [2.75, 3.05) is 32.7 Å². The maximum absolute atomic E-state index is 8.91. The fraction of sp³-hybridized carbons (Fsp3) is 0.538. The van der Waals surface area contributed by atoms with E-state index >= 15 is 0 Å². The number of ether oxygens (including phenoxy) is 2. The van der Waals surface area contributed by atoms with E-state index in [1.165, 1.54) is 4.90 Å². The van der Waals surface area contributed by atoms with Gasteiger partial charge in [0, 0.05) is 31.0 Å². The topological polar surface area (TPSA) is 38.7 Å². The maximum atomic E-state index is 8.91. The van der Waals surface area contributed by atoms with Crippen molar-refractivity contribution in [1.29, 1.82) is 0 Å². The van der Waals surface area contributed by atoms with Crippen LogP contribution in [0.5, 0.6) is 0 Å². The van der Waals surface area contributed by atoms with Gasteiger partial charge in [-0.2, -0.15) is 0 Å². The molecule has 1 aromatic carbocycles. The Hall–Kier alpha value is -0.550. The summed E-state index contributed by atoms with van der Waals surface area (Å²) >= 11 is 1.77. The van der Waals surface area contributed by atoms with E-state index in [1.807, 2.05) is 24.3 Å². The van der Waals surface area contributed by atoms with Crippen LogP contribution in [0.15, 0.2) is 29.2 Å². The molecule has 0 aliphatic heterocycles. The lowest BCUT2D eigenvalue weighted by molar-refractivity contribution is 0.113. The lowest BCUT2D eigenvalue weighted by Crippen LogP contribution is -2.02. The second kappa shape index (κ2) is 9.48. The smallest absolute Gasteiger partial charge is 0.0681 e. The molecule has 0 unspecified atom stereocenters. The van der Waals surface area contributed by atoms with E-state index in [-0.39, 0.29) is 6.61 Å². The molecule has 0 aromatic heterocycles. The van der Waals surface area contributed by atoms with Gasteiger partial charge in [-0.25, -0.2) is 0 Å². The minimum atomic E-state index is 0.105. The summed E-state index contributed by atoms with van der Waals surface area (Å²) in [6.07, 6.45) is 0.951. The molecule has 96 valence electrons. The molecular formula is C13H20O3S. The molecule has 0 aliphatic carbocycles. The monoisotopic (exact) mass is 256 g/mol. The molecule has 0 saturated heterocycles. The first-order valence-electron chi connectivity index (χ1n) is 5.76. The molecule has 4 heteroatoms. The molecule has 3 nitrogen and oxygen atoms in total. The number of benzene rings is 1. The molecule has 0 bridgehead atoms. The summed E-state index contributed by atoms with van der Waals surface area (Å²) in [5, 5.41) is 8.91. The molecule has 0 atom stereocenters. The Kier molecular flexibility index (Phi) is 8.09. The highest BCUT2D eigenvalue weighted by molar-refractivity contribution is 7.99. The predicted octanol–water partition coefficient (Wildman–Crippen LogP) is 2.32. The summed E-state index contributed by atoms with van der Waals surface area (Å²) in [5.74, 6) is 0.950. The summed E-state index contributed by atoms with van der Waals surface area (Å²) < 4.78 is 10.4. The van der Waals surface area contributed by atoms with Gasteiger partial charge in [-0.15, -0.1) is 11.8 Å². The Balaban J connectivity index is 2.05. The number of rotatable bonds is 9. The van der Waals surface area contributed by atoms with E-state index in [9.17, 15) is 0 Å². The average Bonchev–Trinajstić information content (AvgIpc) is 2.38. The van der Waals surface area contributed by atoms with Gasteiger partial charge in [-0.3, -0.25) is 0 Å². The molecular weight excluding hydrogens is 236 g/mol. The zero-order valence-electron chi connectivity index (χ0n) is 10.2. The van der Waals surface area contributed by atoms with Crippen molar-refractivity contribution >= 4 is 11.8 Å². The van der Waals surface area contributed by atoms with Crippen LogP contribution < -0.4 is 0 Å². The highest BCUT2D eigenvalue weighted by atomic mass is 32.2. The zero-order chi connectivity index (χ0) is 12.3. The van der Waals surface area contributed by atoms with Gasteiger partial charge in [0.05, 0.1) is 13.2 Å². The molecule has 0 aliphatic rings. The highest BCUT2D eigenvalue weighted by Gasteiger charge is 1.95. The number of hydrogen-bond acceptors (Lipinski definition) is 4. The fourth-order valence-corrected chi connectivity index (χ4v) is 2.08. The molecule has 1 aromatic rings. The summed E-state index contributed by atoms with van der Waals surface area (Å²) in [6, 6.07) is 7.95. The molecule has 1 N–H and O–H groups in total. The number of thioether (sulfide) groups is 1. The van der Waals surface area contributed by atoms with Gasteiger partial charge in [0.25, 0.3) is 0 Å². The third-order valence-corrected chi connectivity index (χ3v) is 3.22. The minimum Gasteiger partial charge on any atom is -0.392 e. The van der Waals surface area contributed by atoms with E-state index in [1.54, 1.807) is 18.9 Å². The van der Waals surface area contributed by atoms with Crippen LogP contribution in [0.3, 0.4) is 0 Å². The Morgan fingerprint density at radius 3 is 2.53 bits per heavy atom. The predicted molar refractivity (Wildman–Crippen MR) is 70.4 cm³/mol. The maximum Gasteiger partial charge on any atom is 0.0681 e. The molecule has 0 radical (unpaired) electrons. The second-order valence-electron chi connectivity index (χ2n) is 3.61. The number of aliphatic hydroxyl groups excluding tert-OH is 1. The Bertz CT molecular complexity index is 287. The fourth-order valence-electron chi connectivity index (χ4n) is 1.32. The van der Waals surface area contributed by atoms with Crippen LogP contribution in [0.2, 0.25) is 0 Å². The van der Waals surface area contributed by atoms with E-state index in [0.29, 0.717) is 0 Å². The molecule has 0 spiro atoms. The second-order valence-corrected chi connectivity index (χ2v) is 4.78. The molecule has 0 saturated carbocycles. The summed E-state index contributed by atoms with van der Waals surface area (Å²) in [5.41, 5.74) is 0.949. The van der Waals surface area contributed by atoms with Crippen LogP contribution in [0.4, 0.5) is 0 Å². The third-order valence-electron chi connectivity index (χ3n) is 2.24. The number of methoxy groups -OCH3 is 1. The number of hydrogen-bond donors (Lipinski definition) is 1. The molecule has 1 rings (SSSR count). The van der Waals surface area contributed by atoms with Gasteiger partial charge in [-0.05, 0) is 24.1 Å². The van der Waals surface area contributed by atoms with Crippen molar-refractivity contribution in [2.24, 2.45) is 0 Å². The Morgan fingerprint density at radius 1 is 1.12 bits per heavy atom. The first-order valence-corrected chi connectivity index (χ1v) is 6.74. The van der Waals surface area contributed by atoms with E-state index < -0.39 is 0 Å². The lowest BCUT2D eigenvalue weighted by atomic mass is 10.2. The van der Waals surface area contributed by atoms with Crippen LogP contribution >= 0.6 is 11.8 Å². The van der Waals surface area contributed by atoms with E-state index in [2.05, 4.69) is 0 Å². The lowest BCUT2D eigenvalue weighted by Gasteiger charge is -2.04. The van der Waals surface area contributed by atoms with Gasteiger partial charge in [-0.1, -0.05) is 12.1 Å². The van der Waals surface area contributed by atoms with E-state index in [4.69, 9.17) is 14.6 Å². The van der Waals surface area contributed by atoms with Crippen LogP contribution in [0, 0.1) is 0 Å². The van der Waals surface area contributed by atoms with Gasteiger partial charge in [0.15, 0.2) is 0 Å².